The van der Waals surface area contributed by atoms with Gasteiger partial charge in [0, 0.05) is 13.0 Å². The molecule has 3 unspecified atom stereocenters. The Hall–Kier alpha value is -1.80. The lowest BCUT2D eigenvalue weighted by Gasteiger charge is -2.23. The van der Waals surface area contributed by atoms with Gasteiger partial charge in [-0.05, 0) is 70.6 Å². The van der Waals surface area contributed by atoms with Crippen LogP contribution in [-0.2, 0) is 18.4 Å². The van der Waals surface area contributed by atoms with Gasteiger partial charge in [0.15, 0.2) is 0 Å². The molecule has 0 heterocycles. The Morgan fingerprint density at radius 3 is 1.93 bits per heavy atom. The summed E-state index contributed by atoms with van der Waals surface area (Å²) in [5.41, 5.74) is 5.34. The van der Waals surface area contributed by atoms with Gasteiger partial charge in [-0.25, -0.2) is 4.57 Å². The van der Waals surface area contributed by atoms with E-state index in [2.05, 4.69) is 67.8 Å². The van der Waals surface area contributed by atoms with Crippen LogP contribution in [0, 0.1) is 0 Å². The molecule has 9 heteroatoms. The molecule has 0 saturated heterocycles. The van der Waals surface area contributed by atoms with Crippen molar-refractivity contribution in [3.8, 4) is 0 Å². The summed E-state index contributed by atoms with van der Waals surface area (Å²) in [6.45, 7) is 3.95. The molecule has 5 N–H and O–H groups in total. The highest BCUT2D eigenvalue weighted by atomic mass is 31.2. The smallest absolute Gasteiger partial charge is 0.387 e. The number of carbonyl (C=O) groups excluding carboxylic acids is 1. The fraction of sp³-hybridized carbons (Fsp3) is 0.694. The maximum Gasteiger partial charge on any atom is 0.472 e. The van der Waals surface area contributed by atoms with Gasteiger partial charge in [-0.3, -0.25) is 13.8 Å². The number of phosphoric acid groups is 1. The van der Waals surface area contributed by atoms with Gasteiger partial charge in [0.05, 0.1) is 25.4 Å². The zero-order valence-corrected chi connectivity index (χ0v) is 29.2. The first-order valence-electron chi connectivity index (χ1n) is 17.4. The first-order valence-corrected chi connectivity index (χ1v) is 18.9. The fourth-order valence-corrected chi connectivity index (χ4v) is 5.13. The highest BCUT2D eigenvalue weighted by Gasteiger charge is 2.26. The van der Waals surface area contributed by atoms with Crippen LogP contribution in [0.25, 0.3) is 0 Å². The number of carbonyl (C=O) groups is 1. The Labute approximate surface area is 274 Å². The molecule has 0 aliphatic carbocycles. The van der Waals surface area contributed by atoms with Gasteiger partial charge < -0.3 is 21.1 Å². The first kappa shape index (κ1) is 43.2. The summed E-state index contributed by atoms with van der Waals surface area (Å²) < 4.78 is 21.9. The lowest BCUT2D eigenvalue weighted by molar-refractivity contribution is -0.123. The topological polar surface area (TPSA) is 131 Å². The molecule has 0 spiro atoms. The second kappa shape index (κ2) is 32.2. The summed E-state index contributed by atoms with van der Waals surface area (Å²) in [5.74, 6) is -0.229. The second-order valence-electron chi connectivity index (χ2n) is 11.3. The van der Waals surface area contributed by atoms with Crippen molar-refractivity contribution in [3.63, 3.8) is 0 Å². The summed E-state index contributed by atoms with van der Waals surface area (Å²) in [5, 5.41) is 13.5. The number of unbranched alkanes of at least 4 members (excludes halogenated alkanes) is 11. The molecular formula is C36H65N2O6P. The van der Waals surface area contributed by atoms with Crippen molar-refractivity contribution < 1.29 is 28.4 Å². The molecule has 0 aliphatic rings. The summed E-state index contributed by atoms with van der Waals surface area (Å²) in [6.07, 6.45) is 38.4. The van der Waals surface area contributed by atoms with Gasteiger partial charge in [0.2, 0.25) is 5.91 Å². The van der Waals surface area contributed by atoms with Crippen molar-refractivity contribution in [2.75, 3.05) is 19.8 Å². The number of aliphatic hydroxyl groups is 1. The molecule has 260 valence electrons. The van der Waals surface area contributed by atoms with E-state index in [-0.39, 0.29) is 25.7 Å². The summed E-state index contributed by atoms with van der Waals surface area (Å²) in [6, 6.07) is -0.890. The zero-order chi connectivity index (χ0) is 33.3. The van der Waals surface area contributed by atoms with Gasteiger partial charge in [0.25, 0.3) is 0 Å². The standard InChI is InChI=1S/C36H65N2O6P/c1-3-5-7-9-11-13-15-17-19-21-23-25-27-29-35(39)34(33-44-45(41,42)43-32-31-37)38-36(40)30-28-26-24-22-20-18-16-14-12-10-8-6-4-2/h8,10-11,13-14,16,19,21,27,29,34-35,39H,3-7,9,12,15,17-18,20,22-26,28,30-33,37H2,1-2H3,(H,38,40)(H,41,42)/b10-8-,13-11+,16-14-,21-19+,29-27+. The van der Waals surface area contributed by atoms with Crippen LogP contribution in [0.5, 0.6) is 0 Å². The number of phosphoric ester groups is 1. The van der Waals surface area contributed by atoms with Crippen LogP contribution in [0.4, 0.5) is 0 Å². The minimum Gasteiger partial charge on any atom is -0.387 e. The van der Waals surface area contributed by atoms with E-state index in [1.54, 1.807) is 6.08 Å². The molecule has 0 aromatic heterocycles. The molecular weight excluding hydrogens is 587 g/mol. The lowest BCUT2D eigenvalue weighted by Crippen LogP contribution is -2.45. The third-order valence-corrected chi connectivity index (χ3v) is 8.01. The lowest BCUT2D eigenvalue weighted by atomic mass is 10.1. The van der Waals surface area contributed by atoms with Crippen molar-refractivity contribution in [3.05, 3.63) is 60.8 Å². The van der Waals surface area contributed by atoms with Crippen LogP contribution in [0.1, 0.15) is 129 Å². The van der Waals surface area contributed by atoms with E-state index in [0.717, 1.165) is 83.5 Å². The molecule has 0 bridgehead atoms. The van der Waals surface area contributed by atoms with Gasteiger partial charge in [0.1, 0.15) is 0 Å². The van der Waals surface area contributed by atoms with E-state index < -0.39 is 20.0 Å². The SMILES string of the molecule is CCC/C=C\C/C=C\CCCCCCCC(=O)NC(COP(=O)(O)OCCN)C(O)/C=C/CC/C=C/CC/C=C/CCCCC. The van der Waals surface area contributed by atoms with Crippen LogP contribution >= 0.6 is 7.82 Å². The Morgan fingerprint density at radius 1 is 0.733 bits per heavy atom. The Balaban J connectivity index is 4.50. The van der Waals surface area contributed by atoms with Gasteiger partial charge >= 0.3 is 7.82 Å². The highest BCUT2D eigenvalue weighted by Crippen LogP contribution is 2.43. The largest absolute Gasteiger partial charge is 0.472 e. The van der Waals surface area contributed by atoms with Crippen LogP contribution < -0.4 is 11.1 Å². The van der Waals surface area contributed by atoms with Crippen LogP contribution in [0.3, 0.4) is 0 Å². The number of allylic oxidation sites excluding steroid dienone is 9. The van der Waals surface area contributed by atoms with Crippen molar-refractivity contribution >= 4 is 13.7 Å². The maximum atomic E-state index is 12.6. The third-order valence-electron chi connectivity index (χ3n) is 7.02. The average molecular weight is 653 g/mol. The van der Waals surface area contributed by atoms with Gasteiger partial charge in [-0.1, -0.05) is 113 Å². The zero-order valence-electron chi connectivity index (χ0n) is 28.3. The number of hydrogen-bond acceptors (Lipinski definition) is 6. The van der Waals surface area contributed by atoms with Crippen LogP contribution in [0.2, 0.25) is 0 Å². The van der Waals surface area contributed by atoms with E-state index in [0.29, 0.717) is 6.42 Å². The minimum absolute atomic E-state index is 0.0665. The van der Waals surface area contributed by atoms with Crippen molar-refractivity contribution in [2.45, 2.75) is 142 Å². The highest BCUT2D eigenvalue weighted by molar-refractivity contribution is 7.47. The molecule has 0 aliphatic heterocycles. The molecule has 45 heavy (non-hydrogen) atoms. The maximum absolute atomic E-state index is 12.6. The van der Waals surface area contributed by atoms with Crippen LogP contribution in [-0.4, -0.2) is 47.8 Å². The average Bonchev–Trinajstić information content (AvgIpc) is 3.02. The predicted octanol–water partition coefficient (Wildman–Crippen LogP) is 8.77. The molecule has 0 fully saturated rings. The monoisotopic (exact) mass is 652 g/mol. The third kappa shape index (κ3) is 30.6. The van der Waals surface area contributed by atoms with Crippen molar-refractivity contribution in [2.24, 2.45) is 5.73 Å². The molecule has 8 nitrogen and oxygen atoms in total. The summed E-state index contributed by atoms with van der Waals surface area (Å²) in [7, 11) is -4.35. The molecule has 0 aromatic rings. The fourth-order valence-electron chi connectivity index (χ4n) is 4.37. The number of hydrogen-bond donors (Lipinski definition) is 4. The number of aliphatic hydroxyl groups excluding tert-OH is 1. The molecule has 0 radical (unpaired) electrons. The van der Waals surface area contributed by atoms with E-state index in [1.165, 1.54) is 25.7 Å². The number of amides is 1. The molecule has 3 atom stereocenters. The van der Waals surface area contributed by atoms with Gasteiger partial charge in [-0.15, -0.1) is 0 Å². The van der Waals surface area contributed by atoms with Crippen LogP contribution in [0.15, 0.2) is 60.8 Å². The Kier molecular flexibility index (Phi) is 30.9. The molecule has 0 aromatic carbocycles. The van der Waals surface area contributed by atoms with Crippen molar-refractivity contribution in [1.29, 1.82) is 0 Å². The molecule has 1 amide bonds. The van der Waals surface area contributed by atoms with E-state index in [9.17, 15) is 19.4 Å². The van der Waals surface area contributed by atoms with Gasteiger partial charge in [-0.2, -0.15) is 0 Å². The van der Waals surface area contributed by atoms with E-state index >= 15 is 0 Å². The first-order chi connectivity index (χ1) is 21.9. The quantitative estimate of drug-likeness (QED) is 0.0334. The molecule has 0 saturated carbocycles. The second-order valence-corrected chi connectivity index (χ2v) is 12.8. The predicted molar refractivity (Wildman–Crippen MR) is 189 cm³/mol. The number of nitrogens with one attached hydrogen (secondary N) is 1. The number of rotatable bonds is 31. The number of nitrogens with two attached hydrogens (primary N) is 1. The minimum atomic E-state index is -4.35. The van der Waals surface area contributed by atoms with E-state index in [1.807, 2.05) is 6.08 Å². The summed E-state index contributed by atoms with van der Waals surface area (Å²) in [4.78, 5) is 22.5. The normalized spacial score (nSPS) is 15.2. The molecule has 0 rings (SSSR count). The van der Waals surface area contributed by atoms with E-state index in [4.69, 9.17) is 14.8 Å². The summed E-state index contributed by atoms with van der Waals surface area (Å²) >= 11 is 0. The van der Waals surface area contributed by atoms with Crippen molar-refractivity contribution in [1.82, 2.24) is 5.32 Å². The Morgan fingerprint density at radius 2 is 1.29 bits per heavy atom. The Bertz CT molecular complexity index is 887.